The molecule has 1 aromatic carbocycles. The maximum atomic E-state index is 4.70. The molecule has 4 heteroatoms. The highest BCUT2D eigenvalue weighted by molar-refractivity contribution is 8.00. The fraction of sp³-hybridized carbons (Fsp3) is 0.533. The normalized spacial score (nSPS) is 18.0. The van der Waals surface area contributed by atoms with E-state index in [-0.39, 0.29) is 0 Å². The molecule has 0 bridgehead atoms. The van der Waals surface area contributed by atoms with Gasteiger partial charge < -0.3 is 5.32 Å². The van der Waals surface area contributed by atoms with E-state index in [0.717, 1.165) is 17.2 Å². The summed E-state index contributed by atoms with van der Waals surface area (Å²) in [5.74, 6) is 0. The van der Waals surface area contributed by atoms with Crippen molar-refractivity contribution < 1.29 is 0 Å². The third kappa shape index (κ3) is 2.75. The van der Waals surface area contributed by atoms with Gasteiger partial charge in [0.1, 0.15) is 0 Å². The fourth-order valence-electron chi connectivity index (χ4n) is 2.82. The molecule has 1 saturated carbocycles. The number of nitrogens with zero attached hydrogens (tertiary/aromatic N) is 1. The van der Waals surface area contributed by atoms with Gasteiger partial charge in [-0.1, -0.05) is 30.2 Å². The van der Waals surface area contributed by atoms with Crippen LogP contribution in [-0.2, 0) is 0 Å². The lowest BCUT2D eigenvalue weighted by atomic mass is 10.1. The van der Waals surface area contributed by atoms with Crippen LogP contribution in [0, 0.1) is 6.92 Å². The molecule has 0 amide bonds. The second-order valence-electron chi connectivity index (χ2n) is 5.44. The molecular formula is C15H20N2S2. The van der Waals surface area contributed by atoms with E-state index < -0.39 is 0 Å². The summed E-state index contributed by atoms with van der Waals surface area (Å²) in [6.07, 6.45) is 7.67. The topological polar surface area (TPSA) is 24.9 Å². The van der Waals surface area contributed by atoms with Crippen molar-refractivity contribution in [3.05, 3.63) is 23.8 Å². The molecule has 2 nitrogen and oxygen atoms in total. The fourth-order valence-corrected chi connectivity index (χ4v) is 4.58. The van der Waals surface area contributed by atoms with Gasteiger partial charge in [0.05, 0.1) is 10.2 Å². The van der Waals surface area contributed by atoms with Crippen molar-refractivity contribution in [3.8, 4) is 0 Å². The Bertz CT molecular complexity index is 571. The second kappa shape index (κ2) is 5.33. The zero-order chi connectivity index (χ0) is 13.3. The minimum Gasteiger partial charge on any atom is -0.360 e. The number of thiazole rings is 1. The molecule has 19 heavy (non-hydrogen) atoms. The minimum absolute atomic E-state index is 0.438. The van der Waals surface area contributed by atoms with Gasteiger partial charge in [-0.3, -0.25) is 0 Å². The lowest BCUT2D eigenvalue weighted by molar-refractivity contribution is 0.640. The van der Waals surface area contributed by atoms with E-state index >= 15 is 0 Å². The highest BCUT2D eigenvalue weighted by Gasteiger charge is 2.32. The van der Waals surface area contributed by atoms with Crippen molar-refractivity contribution in [2.45, 2.75) is 37.4 Å². The first-order chi connectivity index (χ1) is 9.21. The van der Waals surface area contributed by atoms with Crippen LogP contribution < -0.4 is 5.32 Å². The molecule has 1 N–H and O–H groups in total. The molecule has 1 fully saturated rings. The Morgan fingerprint density at radius 1 is 1.37 bits per heavy atom. The van der Waals surface area contributed by atoms with Crippen LogP contribution in [0.1, 0.15) is 31.2 Å². The maximum Gasteiger partial charge on any atom is 0.183 e. The second-order valence-corrected chi connectivity index (χ2v) is 7.74. The van der Waals surface area contributed by atoms with E-state index in [2.05, 4.69) is 36.7 Å². The Balaban J connectivity index is 1.74. The van der Waals surface area contributed by atoms with Crippen LogP contribution in [0.2, 0.25) is 0 Å². The summed E-state index contributed by atoms with van der Waals surface area (Å²) in [7, 11) is 0. The average Bonchev–Trinajstić information content (AvgIpc) is 3.02. The summed E-state index contributed by atoms with van der Waals surface area (Å²) in [5, 5.41) is 4.64. The quantitative estimate of drug-likeness (QED) is 0.884. The zero-order valence-electron chi connectivity index (χ0n) is 11.5. The molecule has 0 unspecified atom stereocenters. The van der Waals surface area contributed by atoms with Gasteiger partial charge >= 0.3 is 0 Å². The van der Waals surface area contributed by atoms with Gasteiger partial charge in [-0.2, -0.15) is 11.8 Å². The van der Waals surface area contributed by atoms with E-state index in [4.69, 9.17) is 4.98 Å². The van der Waals surface area contributed by atoms with E-state index in [9.17, 15) is 0 Å². The Morgan fingerprint density at radius 2 is 2.16 bits per heavy atom. The third-order valence-corrected chi connectivity index (χ3v) is 6.47. The number of hydrogen-bond acceptors (Lipinski definition) is 4. The number of hydrogen-bond donors (Lipinski definition) is 1. The smallest absolute Gasteiger partial charge is 0.183 e. The summed E-state index contributed by atoms with van der Waals surface area (Å²) < 4.78 is 1.71. The van der Waals surface area contributed by atoms with Crippen molar-refractivity contribution in [2.75, 3.05) is 18.1 Å². The lowest BCUT2D eigenvalue weighted by Crippen LogP contribution is -2.29. The van der Waals surface area contributed by atoms with Gasteiger partial charge in [0, 0.05) is 11.3 Å². The molecule has 2 aromatic rings. The van der Waals surface area contributed by atoms with Crippen molar-refractivity contribution >= 4 is 38.4 Å². The van der Waals surface area contributed by atoms with Crippen molar-refractivity contribution in [1.82, 2.24) is 4.98 Å². The predicted octanol–water partition coefficient (Wildman–Crippen LogP) is 4.69. The minimum atomic E-state index is 0.438. The van der Waals surface area contributed by atoms with Crippen molar-refractivity contribution in [1.29, 1.82) is 0 Å². The van der Waals surface area contributed by atoms with Crippen LogP contribution in [0.5, 0.6) is 0 Å². The molecule has 1 aliphatic carbocycles. The van der Waals surface area contributed by atoms with Gasteiger partial charge in [-0.05, 0) is 43.7 Å². The van der Waals surface area contributed by atoms with Gasteiger partial charge in [-0.25, -0.2) is 4.98 Å². The van der Waals surface area contributed by atoms with Crippen molar-refractivity contribution in [2.24, 2.45) is 0 Å². The third-order valence-electron chi connectivity index (χ3n) is 4.05. The van der Waals surface area contributed by atoms with Crippen LogP contribution in [0.3, 0.4) is 0 Å². The summed E-state index contributed by atoms with van der Waals surface area (Å²) in [6, 6.07) is 6.50. The van der Waals surface area contributed by atoms with E-state index in [1.165, 1.54) is 35.9 Å². The number of aromatic nitrogens is 1. The van der Waals surface area contributed by atoms with Crippen LogP contribution in [0.15, 0.2) is 18.2 Å². The monoisotopic (exact) mass is 292 g/mol. The van der Waals surface area contributed by atoms with E-state index in [1.807, 2.05) is 11.8 Å². The number of aryl methyl sites for hydroxylation is 1. The molecule has 1 heterocycles. The number of fused-ring (bicyclic) bond motifs is 1. The van der Waals surface area contributed by atoms with Crippen LogP contribution in [0.4, 0.5) is 5.13 Å². The lowest BCUT2D eigenvalue weighted by Gasteiger charge is -2.26. The first-order valence-corrected chi connectivity index (χ1v) is 8.91. The van der Waals surface area contributed by atoms with Gasteiger partial charge in [0.15, 0.2) is 5.13 Å². The van der Waals surface area contributed by atoms with Crippen LogP contribution in [0.25, 0.3) is 10.2 Å². The van der Waals surface area contributed by atoms with Gasteiger partial charge in [-0.15, -0.1) is 0 Å². The van der Waals surface area contributed by atoms with Crippen LogP contribution >= 0.6 is 23.1 Å². The Labute approximate surface area is 123 Å². The molecule has 102 valence electrons. The Kier molecular flexibility index (Phi) is 3.72. The van der Waals surface area contributed by atoms with E-state index in [0.29, 0.717) is 4.75 Å². The highest BCUT2D eigenvalue weighted by Crippen LogP contribution is 2.40. The van der Waals surface area contributed by atoms with Crippen molar-refractivity contribution in [3.63, 3.8) is 0 Å². The molecule has 1 aromatic heterocycles. The standard InChI is InChI=1S/C15H20N2S2/c1-11-5-6-13-12(9-11)17-14(19-13)16-10-15(18-2)7-3-4-8-15/h5-6,9H,3-4,7-8,10H2,1-2H3,(H,16,17). The summed E-state index contributed by atoms with van der Waals surface area (Å²) in [5.41, 5.74) is 2.40. The molecule has 0 radical (unpaired) electrons. The summed E-state index contributed by atoms with van der Waals surface area (Å²) in [6.45, 7) is 3.17. The molecule has 1 aliphatic rings. The van der Waals surface area contributed by atoms with Gasteiger partial charge in [0.2, 0.25) is 0 Å². The molecule has 0 atom stereocenters. The number of anilines is 1. The number of benzene rings is 1. The first kappa shape index (κ1) is 13.3. The zero-order valence-corrected chi connectivity index (χ0v) is 13.2. The molecule has 3 rings (SSSR count). The first-order valence-electron chi connectivity index (χ1n) is 6.87. The number of thioether (sulfide) groups is 1. The average molecular weight is 292 g/mol. The van der Waals surface area contributed by atoms with Gasteiger partial charge in [0.25, 0.3) is 0 Å². The summed E-state index contributed by atoms with van der Waals surface area (Å²) in [4.78, 5) is 4.70. The molecule has 0 aliphatic heterocycles. The SMILES string of the molecule is CSC1(CNc2nc3cc(C)ccc3s2)CCCC1. The maximum absolute atomic E-state index is 4.70. The predicted molar refractivity (Wildman–Crippen MR) is 87.6 cm³/mol. The molecular weight excluding hydrogens is 272 g/mol. The highest BCUT2D eigenvalue weighted by atomic mass is 32.2. The molecule has 0 saturated heterocycles. The summed E-state index contributed by atoms with van der Waals surface area (Å²) >= 11 is 3.79. The number of nitrogens with one attached hydrogen (secondary N) is 1. The van der Waals surface area contributed by atoms with E-state index in [1.54, 1.807) is 11.3 Å². The Morgan fingerprint density at radius 3 is 2.89 bits per heavy atom. The molecule has 0 spiro atoms. The Hall–Kier alpha value is -0.740. The van der Waals surface area contributed by atoms with Crippen LogP contribution in [-0.4, -0.2) is 22.5 Å². The number of rotatable bonds is 4. The largest absolute Gasteiger partial charge is 0.360 e.